The molecule has 2 nitrogen and oxygen atoms in total. The lowest BCUT2D eigenvalue weighted by Gasteiger charge is -2.15. The fraction of sp³-hybridized carbons (Fsp3) is 0.368. The predicted octanol–water partition coefficient (Wildman–Crippen LogP) is 4.53. The zero-order valence-corrected chi connectivity index (χ0v) is 14.4. The molecule has 0 aliphatic carbocycles. The molecule has 22 heavy (non-hydrogen) atoms. The van der Waals surface area contributed by atoms with Crippen LogP contribution in [0.5, 0.6) is 0 Å². The van der Waals surface area contributed by atoms with Crippen molar-refractivity contribution in [2.45, 2.75) is 50.1 Å². The molecule has 0 saturated heterocycles. The van der Waals surface area contributed by atoms with Crippen molar-refractivity contribution in [3.63, 3.8) is 0 Å². The fourth-order valence-electron chi connectivity index (χ4n) is 2.26. The quantitative estimate of drug-likeness (QED) is 0.736. The molecule has 2 aromatic rings. The highest BCUT2D eigenvalue weighted by atomic mass is 32.2. The Hall–Kier alpha value is -1.29. The molecule has 0 fully saturated rings. The van der Waals surface area contributed by atoms with Crippen LogP contribution < -0.4 is 5.32 Å². The molecule has 0 aliphatic heterocycles. The third kappa shape index (κ3) is 5.16. The molecule has 1 unspecified atom stereocenters. The zero-order valence-electron chi connectivity index (χ0n) is 13.5. The van der Waals surface area contributed by atoms with Crippen LogP contribution >= 0.6 is 11.8 Å². The number of benzene rings is 2. The molecular formula is C19H25NOS. The van der Waals surface area contributed by atoms with E-state index in [9.17, 15) is 0 Å². The van der Waals surface area contributed by atoms with Crippen LogP contribution in [0.15, 0.2) is 53.4 Å². The van der Waals surface area contributed by atoms with Crippen LogP contribution in [-0.4, -0.2) is 10.4 Å². The lowest BCUT2D eigenvalue weighted by Crippen LogP contribution is -2.18. The molecule has 0 aromatic heterocycles. The largest absolute Gasteiger partial charge is 0.392 e. The zero-order chi connectivity index (χ0) is 15.9. The van der Waals surface area contributed by atoms with Crippen molar-refractivity contribution in [2.75, 3.05) is 0 Å². The highest BCUT2D eigenvalue weighted by molar-refractivity contribution is 7.99. The van der Waals surface area contributed by atoms with Gasteiger partial charge in [0, 0.05) is 22.7 Å². The SMILES string of the molecule is CC(C)Sc1ccc(C(C)NCc2ccc(CO)cc2)cc1. The summed E-state index contributed by atoms with van der Waals surface area (Å²) in [7, 11) is 0. The van der Waals surface area contributed by atoms with Gasteiger partial charge in [0.1, 0.15) is 0 Å². The van der Waals surface area contributed by atoms with E-state index >= 15 is 0 Å². The van der Waals surface area contributed by atoms with E-state index in [-0.39, 0.29) is 6.61 Å². The number of rotatable bonds is 7. The first-order valence-electron chi connectivity index (χ1n) is 7.77. The van der Waals surface area contributed by atoms with Gasteiger partial charge in [-0.05, 0) is 35.7 Å². The van der Waals surface area contributed by atoms with Gasteiger partial charge in [0.2, 0.25) is 0 Å². The molecule has 2 aromatic carbocycles. The van der Waals surface area contributed by atoms with E-state index in [1.54, 1.807) is 0 Å². The molecular weight excluding hydrogens is 290 g/mol. The van der Waals surface area contributed by atoms with Gasteiger partial charge in [-0.1, -0.05) is 50.2 Å². The number of hydrogen-bond donors (Lipinski definition) is 2. The van der Waals surface area contributed by atoms with E-state index in [2.05, 4.69) is 62.5 Å². The molecule has 0 saturated carbocycles. The predicted molar refractivity (Wildman–Crippen MR) is 95.1 cm³/mol. The lowest BCUT2D eigenvalue weighted by atomic mass is 10.1. The molecule has 1 atom stereocenters. The Balaban J connectivity index is 1.89. The first kappa shape index (κ1) is 17.1. The van der Waals surface area contributed by atoms with Crippen molar-refractivity contribution in [3.8, 4) is 0 Å². The van der Waals surface area contributed by atoms with Crippen LogP contribution in [0.3, 0.4) is 0 Å². The summed E-state index contributed by atoms with van der Waals surface area (Å²) in [6.45, 7) is 7.54. The number of nitrogens with one attached hydrogen (secondary N) is 1. The average molecular weight is 315 g/mol. The minimum Gasteiger partial charge on any atom is -0.392 e. The van der Waals surface area contributed by atoms with Crippen molar-refractivity contribution in [3.05, 3.63) is 65.2 Å². The summed E-state index contributed by atoms with van der Waals surface area (Å²) in [4.78, 5) is 1.32. The molecule has 2 N–H and O–H groups in total. The van der Waals surface area contributed by atoms with Gasteiger partial charge in [0.25, 0.3) is 0 Å². The maximum absolute atomic E-state index is 9.05. The summed E-state index contributed by atoms with van der Waals surface area (Å²) < 4.78 is 0. The summed E-state index contributed by atoms with van der Waals surface area (Å²) in [5, 5.41) is 13.2. The Bertz CT molecular complexity index is 563. The molecule has 0 radical (unpaired) electrons. The molecule has 0 heterocycles. The van der Waals surface area contributed by atoms with E-state index in [1.165, 1.54) is 16.0 Å². The lowest BCUT2D eigenvalue weighted by molar-refractivity contribution is 0.282. The van der Waals surface area contributed by atoms with Gasteiger partial charge in [-0.2, -0.15) is 0 Å². The maximum atomic E-state index is 9.05. The second kappa shape index (κ2) is 8.37. The Morgan fingerprint density at radius 3 is 2.05 bits per heavy atom. The summed E-state index contributed by atoms with van der Waals surface area (Å²) in [6, 6.07) is 17.2. The van der Waals surface area contributed by atoms with E-state index in [0.29, 0.717) is 11.3 Å². The monoisotopic (exact) mass is 315 g/mol. The first-order chi connectivity index (χ1) is 10.6. The first-order valence-corrected chi connectivity index (χ1v) is 8.65. The summed E-state index contributed by atoms with van der Waals surface area (Å²) in [5.41, 5.74) is 3.49. The van der Waals surface area contributed by atoms with E-state index in [0.717, 1.165) is 12.1 Å². The number of thioether (sulfide) groups is 1. The minimum atomic E-state index is 0.102. The van der Waals surface area contributed by atoms with Crippen molar-refractivity contribution in [1.82, 2.24) is 5.32 Å². The van der Waals surface area contributed by atoms with Crippen LogP contribution in [-0.2, 0) is 13.2 Å². The third-order valence-electron chi connectivity index (χ3n) is 3.57. The Labute approximate surface area is 138 Å². The van der Waals surface area contributed by atoms with Crippen LogP contribution in [0.25, 0.3) is 0 Å². The molecule has 0 spiro atoms. The molecule has 0 bridgehead atoms. The number of aliphatic hydroxyl groups is 1. The van der Waals surface area contributed by atoms with E-state index in [4.69, 9.17) is 5.11 Å². The van der Waals surface area contributed by atoms with Crippen molar-refractivity contribution in [2.24, 2.45) is 0 Å². The third-order valence-corrected chi connectivity index (χ3v) is 4.59. The topological polar surface area (TPSA) is 32.3 Å². The van der Waals surface area contributed by atoms with Gasteiger partial charge in [-0.3, -0.25) is 0 Å². The standard InChI is InChI=1S/C19H25NOS/c1-14(2)22-19-10-8-18(9-11-19)15(3)20-12-16-4-6-17(13-21)7-5-16/h4-11,14-15,20-21H,12-13H2,1-3H3. The molecule has 118 valence electrons. The van der Waals surface area contributed by atoms with Gasteiger partial charge in [-0.15, -0.1) is 11.8 Å². The van der Waals surface area contributed by atoms with Crippen molar-refractivity contribution in [1.29, 1.82) is 0 Å². The van der Waals surface area contributed by atoms with Gasteiger partial charge < -0.3 is 10.4 Å². The number of hydrogen-bond acceptors (Lipinski definition) is 3. The second-order valence-corrected chi connectivity index (χ2v) is 7.46. The van der Waals surface area contributed by atoms with Gasteiger partial charge in [-0.25, -0.2) is 0 Å². The van der Waals surface area contributed by atoms with E-state index in [1.807, 2.05) is 23.9 Å². The minimum absolute atomic E-state index is 0.102. The van der Waals surface area contributed by atoms with Gasteiger partial charge in [0.05, 0.1) is 6.61 Å². The van der Waals surface area contributed by atoms with Gasteiger partial charge >= 0.3 is 0 Å². The highest BCUT2D eigenvalue weighted by Gasteiger charge is 2.06. The second-order valence-electron chi connectivity index (χ2n) is 5.81. The molecule has 0 aliphatic rings. The smallest absolute Gasteiger partial charge is 0.0681 e. The summed E-state index contributed by atoms with van der Waals surface area (Å²) in [5.74, 6) is 0. The van der Waals surface area contributed by atoms with Crippen LogP contribution in [0.1, 0.15) is 43.5 Å². The Morgan fingerprint density at radius 1 is 0.909 bits per heavy atom. The molecule has 2 rings (SSSR count). The van der Waals surface area contributed by atoms with Crippen LogP contribution in [0, 0.1) is 0 Å². The highest BCUT2D eigenvalue weighted by Crippen LogP contribution is 2.24. The fourth-order valence-corrected chi connectivity index (χ4v) is 3.10. The molecule has 0 amide bonds. The van der Waals surface area contributed by atoms with E-state index < -0.39 is 0 Å². The Morgan fingerprint density at radius 2 is 1.50 bits per heavy atom. The summed E-state index contributed by atoms with van der Waals surface area (Å²) in [6.07, 6.45) is 0. The maximum Gasteiger partial charge on any atom is 0.0681 e. The van der Waals surface area contributed by atoms with Crippen LogP contribution in [0.2, 0.25) is 0 Å². The van der Waals surface area contributed by atoms with Crippen LogP contribution in [0.4, 0.5) is 0 Å². The normalized spacial score (nSPS) is 12.6. The average Bonchev–Trinajstić information content (AvgIpc) is 2.53. The van der Waals surface area contributed by atoms with Crippen molar-refractivity contribution >= 4 is 11.8 Å². The Kier molecular flexibility index (Phi) is 6.49. The van der Waals surface area contributed by atoms with Crippen molar-refractivity contribution < 1.29 is 5.11 Å². The number of aliphatic hydroxyl groups excluding tert-OH is 1. The molecule has 3 heteroatoms. The van der Waals surface area contributed by atoms with Gasteiger partial charge in [0.15, 0.2) is 0 Å². The summed E-state index contributed by atoms with van der Waals surface area (Å²) >= 11 is 1.89.